The number of amidine groups is 1. The number of aryl methyl sites for hydroxylation is 1. The Bertz CT molecular complexity index is 1400. The van der Waals surface area contributed by atoms with Crippen LogP contribution in [0.25, 0.3) is 0 Å². The maximum absolute atomic E-state index is 13.7. The molecule has 0 N–H and O–H groups in total. The van der Waals surface area contributed by atoms with Gasteiger partial charge in [0.25, 0.3) is 6.01 Å². The molecule has 0 spiro atoms. The number of allylic oxidation sites excluding steroid dienone is 4. The number of aliphatic imine (C=N–C) groups is 1. The summed E-state index contributed by atoms with van der Waals surface area (Å²) in [5.74, 6) is 1.47. The van der Waals surface area contributed by atoms with Gasteiger partial charge in [-0.25, -0.2) is 4.99 Å². The van der Waals surface area contributed by atoms with Crippen molar-refractivity contribution in [2.75, 3.05) is 24.5 Å². The van der Waals surface area contributed by atoms with Gasteiger partial charge in [0, 0.05) is 31.1 Å². The Morgan fingerprint density at radius 3 is 2.21 bits per heavy atom. The van der Waals surface area contributed by atoms with Crippen molar-refractivity contribution in [3.8, 4) is 0 Å². The molecular formula is C32H36F6N4O. The van der Waals surface area contributed by atoms with Crippen LogP contribution in [0.1, 0.15) is 61.9 Å². The lowest BCUT2D eigenvalue weighted by Crippen LogP contribution is -2.41. The number of fused-ring (bicyclic) bond motifs is 1. The maximum atomic E-state index is 13.7. The summed E-state index contributed by atoms with van der Waals surface area (Å²) >= 11 is 0. The van der Waals surface area contributed by atoms with Gasteiger partial charge in [-0.2, -0.15) is 31.3 Å². The van der Waals surface area contributed by atoms with Gasteiger partial charge in [0.05, 0.1) is 29.1 Å². The number of oxazole rings is 1. The average Bonchev–Trinajstić information content (AvgIpc) is 3.62. The van der Waals surface area contributed by atoms with Crippen LogP contribution in [-0.4, -0.2) is 35.4 Å². The van der Waals surface area contributed by atoms with Gasteiger partial charge in [0.2, 0.25) is 0 Å². The summed E-state index contributed by atoms with van der Waals surface area (Å²) in [4.78, 5) is 13.3. The lowest BCUT2D eigenvalue weighted by Gasteiger charge is -2.36. The predicted molar refractivity (Wildman–Crippen MR) is 153 cm³/mol. The molecule has 0 bridgehead atoms. The summed E-state index contributed by atoms with van der Waals surface area (Å²) in [6.07, 6.45) is 4.43. The molecule has 1 aromatic heterocycles. The molecule has 2 heterocycles. The molecule has 0 amide bonds. The first kappa shape index (κ1) is 30.9. The van der Waals surface area contributed by atoms with E-state index >= 15 is 0 Å². The monoisotopic (exact) mass is 606 g/mol. The fourth-order valence-corrected chi connectivity index (χ4v) is 6.15. The largest absolute Gasteiger partial charge is 0.432 e. The molecule has 0 radical (unpaired) electrons. The molecule has 5 rings (SSSR count). The van der Waals surface area contributed by atoms with E-state index in [1.807, 2.05) is 12.2 Å². The number of alkyl halides is 6. The van der Waals surface area contributed by atoms with Crippen LogP contribution in [-0.2, 0) is 18.9 Å². The van der Waals surface area contributed by atoms with E-state index in [-0.39, 0.29) is 42.6 Å². The standard InChI is InChI=1S/C32H36F6N4O/c1-4-41(16-22-9-5-6-10-22)29-24(14-27-20(2)8-7-11-28(27)40-29)18-42(30-39-21(3)19-43-30)17-23-12-25(31(33,34)35)15-26(13-23)32(36,37)38/h7-8,11-15,19-20,22,27H,4-6,9-10,16-18H2,1-3H3. The summed E-state index contributed by atoms with van der Waals surface area (Å²) in [5.41, 5.74) is -0.551. The van der Waals surface area contributed by atoms with Crippen LogP contribution in [0.3, 0.4) is 0 Å². The molecule has 2 aromatic rings. The molecule has 1 aliphatic heterocycles. The first-order valence-electron chi connectivity index (χ1n) is 14.7. The van der Waals surface area contributed by atoms with Crippen LogP contribution < -0.4 is 4.90 Å². The number of rotatable bonds is 8. The minimum Gasteiger partial charge on any atom is -0.432 e. The summed E-state index contributed by atoms with van der Waals surface area (Å²) in [5, 5.41) is 0. The Hall–Kier alpha value is -3.50. The van der Waals surface area contributed by atoms with Crippen molar-refractivity contribution in [1.29, 1.82) is 0 Å². The lowest BCUT2D eigenvalue weighted by molar-refractivity contribution is -0.143. The van der Waals surface area contributed by atoms with Gasteiger partial charge in [-0.05, 0) is 68.4 Å². The van der Waals surface area contributed by atoms with Crippen molar-refractivity contribution >= 4 is 11.9 Å². The third kappa shape index (κ3) is 7.18. The average molecular weight is 607 g/mol. The highest BCUT2D eigenvalue weighted by molar-refractivity contribution is 6.01. The van der Waals surface area contributed by atoms with Crippen LogP contribution in [0.15, 0.2) is 69.4 Å². The highest BCUT2D eigenvalue weighted by Crippen LogP contribution is 2.38. The Morgan fingerprint density at radius 1 is 0.953 bits per heavy atom. The molecule has 11 heteroatoms. The molecule has 1 fully saturated rings. The van der Waals surface area contributed by atoms with E-state index < -0.39 is 23.5 Å². The van der Waals surface area contributed by atoms with E-state index in [1.54, 1.807) is 11.8 Å². The Labute approximate surface area is 247 Å². The fourth-order valence-electron chi connectivity index (χ4n) is 6.15. The molecule has 2 unspecified atom stereocenters. The predicted octanol–water partition coefficient (Wildman–Crippen LogP) is 8.58. The van der Waals surface area contributed by atoms with E-state index in [0.29, 0.717) is 18.2 Å². The number of aromatic nitrogens is 1. The second-order valence-corrected chi connectivity index (χ2v) is 11.7. The molecule has 0 saturated heterocycles. The lowest BCUT2D eigenvalue weighted by atomic mass is 9.83. The number of nitrogens with zero attached hydrogens (tertiary/aromatic N) is 4. The molecule has 43 heavy (non-hydrogen) atoms. The SMILES string of the molecule is CCN(CC1CCCC1)C1=NC2=CC=CC(C)C2C=C1CN(Cc1cc(C(F)(F)F)cc(C(F)(F)F)c1)c1nc(C)co1. The third-order valence-corrected chi connectivity index (χ3v) is 8.39. The number of halogens is 6. The van der Waals surface area contributed by atoms with Crippen molar-refractivity contribution in [2.45, 2.75) is 65.4 Å². The van der Waals surface area contributed by atoms with Crippen LogP contribution in [0.5, 0.6) is 0 Å². The summed E-state index contributed by atoms with van der Waals surface area (Å²) in [7, 11) is 0. The number of dihydropyridines is 1. The van der Waals surface area contributed by atoms with Crippen LogP contribution in [0.4, 0.5) is 32.4 Å². The fraction of sp³-hybridized carbons (Fsp3) is 0.500. The smallest absolute Gasteiger partial charge is 0.416 e. The molecule has 2 atom stereocenters. The Kier molecular flexibility index (Phi) is 8.81. The van der Waals surface area contributed by atoms with Crippen LogP contribution in [0.2, 0.25) is 0 Å². The number of benzene rings is 1. The quantitative estimate of drug-likeness (QED) is 0.283. The Balaban J connectivity index is 1.54. The van der Waals surface area contributed by atoms with Gasteiger partial charge in [0.1, 0.15) is 12.1 Å². The Morgan fingerprint density at radius 2 is 1.63 bits per heavy atom. The minimum absolute atomic E-state index is 0.00697. The van der Waals surface area contributed by atoms with Crippen molar-refractivity contribution in [2.24, 2.45) is 22.7 Å². The van der Waals surface area contributed by atoms with Gasteiger partial charge in [0.15, 0.2) is 0 Å². The van der Waals surface area contributed by atoms with E-state index in [9.17, 15) is 26.3 Å². The number of likely N-dealkylation sites (N-methyl/N-ethyl adjacent to an activating group) is 1. The van der Waals surface area contributed by atoms with Gasteiger partial charge >= 0.3 is 12.4 Å². The minimum atomic E-state index is -4.94. The maximum Gasteiger partial charge on any atom is 0.416 e. The molecule has 232 valence electrons. The third-order valence-electron chi connectivity index (χ3n) is 8.39. The topological polar surface area (TPSA) is 44.9 Å². The summed E-state index contributed by atoms with van der Waals surface area (Å²) in [6, 6.07) is 1.77. The van der Waals surface area contributed by atoms with Crippen LogP contribution in [0, 0.1) is 24.7 Å². The summed E-state index contributed by atoms with van der Waals surface area (Å²) in [6.45, 7) is 7.25. The second kappa shape index (κ2) is 12.2. The molecule has 3 aliphatic rings. The number of hydrogen-bond acceptors (Lipinski definition) is 5. The van der Waals surface area contributed by atoms with Gasteiger partial charge in [-0.3, -0.25) is 0 Å². The van der Waals surface area contributed by atoms with E-state index in [4.69, 9.17) is 9.41 Å². The second-order valence-electron chi connectivity index (χ2n) is 11.7. The molecule has 2 aliphatic carbocycles. The first-order valence-corrected chi connectivity index (χ1v) is 14.7. The molecule has 1 aromatic carbocycles. The van der Waals surface area contributed by atoms with E-state index in [1.165, 1.54) is 19.1 Å². The number of anilines is 1. The molecule has 5 nitrogen and oxygen atoms in total. The van der Waals surface area contributed by atoms with Gasteiger partial charge < -0.3 is 14.2 Å². The molecule has 1 saturated carbocycles. The van der Waals surface area contributed by atoms with Crippen molar-refractivity contribution in [3.63, 3.8) is 0 Å². The summed E-state index contributed by atoms with van der Waals surface area (Å²) < 4.78 is 87.6. The first-order chi connectivity index (χ1) is 20.3. The zero-order valence-electron chi connectivity index (χ0n) is 24.5. The van der Waals surface area contributed by atoms with Crippen LogP contribution >= 0.6 is 0 Å². The molecular weight excluding hydrogens is 570 g/mol. The zero-order chi connectivity index (χ0) is 30.9. The van der Waals surface area contributed by atoms with E-state index in [2.05, 4.69) is 35.9 Å². The van der Waals surface area contributed by atoms with E-state index in [0.717, 1.165) is 48.6 Å². The van der Waals surface area contributed by atoms with Gasteiger partial charge in [-0.1, -0.05) is 38.0 Å². The normalized spacial score (nSPS) is 20.9. The van der Waals surface area contributed by atoms with Crippen molar-refractivity contribution in [1.82, 2.24) is 9.88 Å². The number of hydrogen-bond donors (Lipinski definition) is 0. The van der Waals surface area contributed by atoms with Gasteiger partial charge in [-0.15, -0.1) is 0 Å². The highest BCUT2D eigenvalue weighted by Gasteiger charge is 2.37. The van der Waals surface area contributed by atoms with Crippen molar-refractivity contribution in [3.05, 3.63) is 82.4 Å². The highest BCUT2D eigenvalue weighted by atomic mass is 19.4. The van der Waals surface area contributed by atoms with Crippen molar-refractivity contribution < 1.29 is 30.8 Å². The zero-order valence-corrected chi connectivity index (χ0v) is 24.5.